The molecule has 1 aliphatic heterocycles. The van der Waals surface area contributed by atoms with Gasteiger partial charge in [-0.3, -0.25) is 14.9 Å². The van der Waals surface area contributed by atoms with E-state index in [0.717, 1.165) is 52.7 Å². The first-order valence-electron chi connectivity index (χ1n) is 17.7. The average Bonchev–Trinajstić information content (AvgIpc) is 3.13. The van der Waals surface area contributed by atoms with Crippen molar-refractivity contribution in [1.29, 1.82) is 0 Å². The second kappa shape index (κ2) is 16.6. The molecule has 0 spiro atoms. The molecule has 0 aliphatic carbocycles. The number of nitrogens with zero attached hydrogens (tertiary/aromatic N) is 1. The predicted octanol–water partition coefficient (Wildman–Crippen LogP) is 6.74. The SMILES string of the molecule is C[N+]1(C)CCC(OC(=O)Nc2cc(CCC(=O)Nc3ccc(CNC[C@@H](O)c4ccc(O)c5[nH]c(=O)ccc45)cc3Cl)ccc2-c2ccccc2)CC1. The van der Waals surface area contributed by atoms with Gasteiger partial charge in [-0.1, -0.05) is 66.2 Å². The molecule has 1 fully saturated rings. The maximum Gasteiger partial charge on any atom is 0.411 e. The zero-order valence-corrected chi connectivity index (χ0v) is 30.6. The zero-order chi connectivity index (χ0) is 37.5. The van der Waals surface area contributed by atoms with Gasteiger partial charge in [0.05, 0.1) is 55.2 Å². The number of hydrogen-bond donors (Lipinski definition) is 6. The molecule has 2 amide bonds. The molecule has 1 atom stereocenters. The molecule has 0 radical (unpaired) electrons. The van der Waals surface area contributed by atoms with Gasteiger partial charge in [-0.05, 0) is 59.0 Å². The lowest BCUT2D eigenvalue weighted by molar-refractivity contribution is -0.896. The summed E-state index contributed by atoms with van der Waals surface area (Å²) >= 11 is 6.55. The van der Waals surface area contributed by atoms with Crippen LogP contribution in [0, 0.1) is 0 Å². The van der Waals surface area contributed by atoms with Crippen molar-refractivity contribution < 1.29 is 29.0 Å². The standard InChI is InChI=1S/C41H44ClN5O6/c1-47(2)20-18-29(19-21-47)53-41(52)45-35-23-26(8-11-30(35)28-6-4-3-5-7-28)10-16-38(50)44-34-14-9-27(22-33(34)42)24-43-25-37(49)31-12-15-36(48)40-32(31)13-17-39(51)46-40/h3-9,11-15,17,22-23,29,37,43,49H,10,16,18-21,24-25H2,1-2H3,(H3-,44,45,46,48,50,51,52)/p+1/t37-/m1/s1. The molecule has 2 heterocycles. The summed E-state index contributed by atoms with van der Waals surface area (Å²) < 4.78 is 6.73. The zero-order valence-electron chi connectivity index (χ0n) is 29.8. The smallest absolute Gasteiger partial charge is 0.411 e. The molecule has 6 N–H and O–H groups in total. The number of aliphatic hydroxyl groups excluding tert-OH is 1. The number of likely N-dealkylation sites (tertiary alicyclic amines) is 1. The summed E-state index contributed by atoms with van der Waals surface area (Å²) in [4.78, 5) is 40.4. The van der Waals surface area contributed by atoms with E-state index in [4.69, 9.17) is 16.3 Å². The summed E-state index contributed by atoms with van der Waals surface area (Å²) in [5.74, 6) is -0.275. The van der Waals surface area contributed by atoms with E-state index in [-0.39, 0.29) is 41.8 Å². The normalized spacial score (nSPS) is 14.8. The molecule has 4 aromatic carbocycles. The van der Waals surface area contributed by atoms with Crippen molar-refractivity contribution in [2.24, 2.45) is 0 Å². The van der Waals surface area contributed by atoms with Gasteiger partial charge in [-0.25, -0.2) is 4.79 Å². The van der Waals surface area contributed by atoms with Gasteiger partial charge >= 0.3 is 6.09 Å². The van der Waals surface area contributed by atoms with E-state index in [2.05, 4.69) is 35.0 Å². The molecule has 12 heteroatoms. The number of pyridine rings is 1. The molecule has 11 nitrogen and oxygen atoms in total. The first-order valence-corrected chi connectivity index (χ1v) is 18.1. The number of aromatic nitrogens is 1. The number of aromatic hydroxyl groups is 1. The monoisotopic (exact) mass is 738 g/mol. The molecule has 276 valence electrons. The summed E-state index contributed by atoms with van der Waals surface area (Å²) in [5.41, 5.74) is 5.16. The van der Waals surface area contributed by atoms with E-state index in [1.807, 2.05) is 54.6 Å². The number of carbonyl (C=O) groups is 2. The number of halogens is 1. The molecule has 6 rings (SSSR count). The van der Waals surface area contributed by atoms with Crippen molar-refractivity contribution in [3.05, 3.63) is 123 Å². The van der Waals surface area contributed by atoms with Crippen molar-refractivity contribution >= 4 is 45.9 Å². The number of carbonyl (C=O) groups excluding carboxylic acids is 2. The van der Waals surface area contributed by atoms with E-state index in [9.17, 15) is 24.6 Å². The average molecular weight is 739 g/mol. The lowest BCUT2D eigenvalue weighted by Crippen LogP contribution is -2.48. The molecular formula is C41H45ClN5O6+. The van der Waals surface area contributed by atoms with Crippen molar-refractivity contribution in [2.45, 2.75) is 44.4 Å². The van der Waals surface area contributed by atoms with E-state index < -0.39 is 12.2 Å². The van der Waals surface area contributed by atoms with Gasteiger partial charge < -0.3 is 35.1 Å². The Morgan fingerprint density at radius 1 is 0.925 bits per heavy atom. The minimum absolute atomic E-state index is 0.0696. The summed E-state index contributed by atoms with van der Waals surface area (Å²) in [7, 11) is 4.37. The molecule has 53 heavy (non-hydrogen) atoms. The van der Waals surface area contributed by atoms with Crippen molar-refractivity contribution in [3.63, 3.8) is 0 Å². The molecule has 1 aromatic heterocycles. The quantitative estimate of drug-likeness (QED) is 0.0776. The van der Waals surface area contributed by atoms with Crippen LogP contribution < -0.4 is 21.5 Å². The number of quaternary nitrogens is 1. The van der Waals surface area contributed by atoms with Crippen LogP contribution >= 0.6 is 11.6 Å². The lowest BCUT2D eigenvalue weighted by atomic mass is 9.99. The Bertz CT molecular complexity index is 2140. The Morgan fingerprint density at radius 2 is 1.68 bits per heavy atom. The number of benzene rings is 4. The third-order valence-corrected chi connectivity index (χ3v) is 9.99. The first-order chi connectivity index (χ1) is 25.4. The highest BCUT2D eigenvalue weighted by molar-refractivity contribution is 6.33. The highest BCUT2D eigenvalue weighted by Gasteiger charge is 2.28. The van der Waals surface area contributed by atoms with Gasteiger partial charge in [0.15, 0.2) is 0 Å². The summed E-state index contributed by atoms with van der Waals surface area (Å²) in [6.07, 6.45) is 0.771. The van der Waals surface area contributed by atoms with Crippen molar-refractivity contribution in [3.8, 4) is 16.9 Å². The fourth-order valence-electron chi connectivity index (χ4n) is 6.62. The number of phenolic OH excluding ortho intramolecular Hbond substituents is 1. The van der Waals surface area contributed by atoms with Crippen LogP contribution in [0.4, 0.5) is 16.2 Å². The molecule has 5 aromatic rings. The van der Waals surface area contributed by atoms with Gasteiger partial charge in [0.25, 0.3) is 0 Å². The Kier molecular flexibility index (Phi) is 11.8. The molecule has 0 saturated carbocycles. The number of anilines is 2. The second-order valence-electron chi connectivity index (χ2n) is 14.2. The van der Waals surface area contributed by atoms with Crippen molar-refractivity contribution in [2.75, 3.05) is 44.4 Å². The maximum absolute atomic E-state index is 13.0. The topological polar surface area (TPSA) is 153 Å². The largest absolute Gasteiger partial charge is 0.506 e. The van der Waals surface area contributed by atoms with E-state index in [1.165, 1.54) is 12.1 Å². The van der Waals surface area contributed by atoms with Gasteiger partial charge in [0, 0.05) is 49.4 Å². The number of nitrogens with one attached hydrogen (secondary N) is 4. The number of phenols is 1. The Labute approximate surface area is 313 Å². The number of aromatic amines is 1. The number of fused-ring (bicyclic) bond motifs is 1. The van der Waals surface area contributed by atoms with E-state index >= 15 is 0 Å². The van der Waals surface area contributed by atoms with Crippen LogP contribution in [0.1, 0.15) is 42.1 Å². The highest BCUT2D eigenvalue weighted by atomic mass is 35.5. The second-order valence-corrected chi connectivity index (χ2v) is 14.6. The molecule has 0 unspecified atom stereocenters. The van der Waals surface area contributed by atoms with Crippen LogP contribution in [0.5, 0.6) is 5.75 Å². The fourth-order valence-corrected chi connectivity index (χ4v) is 6.88. The van der Waals surface area contributed by atoms with E-state index in [1.54, 1.807) is 24.3 Å². The molecule has 0 bridgehead atoms. The molecular weight excluding hydrogens is 694 g/mol. The number of ether oxygens (including phenoxy) is 1. The van der Waals surface area contributed by atoms with Gasteiger partial charge in [0.2, 0.25) is 11.5 Å². The number of hydrogen-bond acceptors (Lipinski definition) is 7. The highest BCUT2D eigenvalue weighted by Crippen LogP contribution is 2.31. The summed E-state index contributed by atoms with van der Waals surface area (Å²) in [6.45, 7) is 2.52. The van der Waals surface area contributed by atoms with Crippen LogP contribution in [-0.2, 0) is 22.5 Å². The lowest BCUT2D eigenvalue weighted by Gasteiger charge is -2.36. The molecule has 1 aliphatic rings. The Hall–Kier alpha value is -5.20. The van der Waals surface area contributed by atoms with Crippen LogP contribution in [0.25, 0.3) is 22.0 Å². The number of amides is 2. The third kappa shape index (κ3) is 9.82. The minimum Gasteiger partial charge on any atom is -0.506 e. The predicted molar refractivity (Wildman–Crippen MR) is 208 cm³/mol. The number of rotatable bonds is 12. The van der Waals surface area contributed by atoms with Gasteiger partial charge in [0.1, 0.15) is 11.9 Å². The molecule has 1 saturated heterocycles. The maximum atomic E-state index is 13.0. The van der Waals surface area contributed by atoms with Crippen LogP contribution in [0.15, 0.2) is 95.8 Å². The van der Waals surface area contributed by atoms with Crippen LogP contribution in [0.2, 0.25) is 5.02 Å². The Morgan fingerprint density at radius 3 is 2.43 bits per heavy atom. The van der Waals surface area contributed by atoms with Crippen LogP contribution in [0.3, 0.4) is 0 Å². The number of aliphatic hydroxyl groups is 1. The fraction of sp³-hybridized carbons (Fsp3) is 0.293. The number of aryl methyl sites for hydroxylation is 1. The summed E-state index contributed by atoms with van der Waals surface area (Å²) in [6, 6.07) is 27.0. The van der Waals surface area contributed by atoms with E-state index in [0.29, 0.717) is 40.3 Å². The van der Waals surface area contributed by atoms with Gasteiger partial charge in [-0.2, -0.15) is 0 Å². The van der Waals surface area contributed by atoms with Gasteiger partial charge in [-0.15, -0.1) is 0 Å². The number of H-pyrrole nitrogens is 1. The minimum atomic E-state index is -0.901. The Balaban J connectivity index is 1.03. The van der Waals surface area contributed by atoms with Crippen molar-refractivity contribution in [1.82, 2.24) is 10.3 Å². The van der Waals surface area contributed by atoms with Crippen LogP contribution in [-0.4, -0.2) is 71.5 Å². The first kappa shape index (κ1) is 37.6. The summed E-state index contributed by atoms with van der Waals surface area (Å²) in [5, 5.41) is 31.0. The number of piperidine rings is 1. The third-order valence-electron chi connectivity index (χ3n) is 9.67.